The molecule has 27 heavy (non-hydrogen) atoms. The van der Waals surface area contributed by atoms with Crippen molar-refractivity contribution in [3.63, 3.8) is 0 Å². The third kappa shape index (κ3) is 4.51. The normalized spacial score (nSPS) is 14.6. The van der Waals surface area contributed by atoms with E-state index >= 15 is 0 Å². The van der Waals surface area contributed by atoms with Crippen molar-refractivity contribution in [3.05, 3.63) is 50.3 Å². The SMILES string of the molecule is O=C(Cc1csc(-c2cc(Br)cs2)n1)N1CCN(c2cccc(Cl)n2)CC1. The largest absolute Gasteiger partial charge is 0.353 e. The number of rotatable bonds is 4. The lowest BCUT2D eigenvalue weighted by Crippen LogP contribution is -2.49. The van der Waals surface area contributed by atoms with E-state index in [9.17, 15) is 4.79 Å². The van der Waals surface area contributed by atoms with Crippen molar-refractivity contribution < 1.29 is 4.79 Å². The van der Waals surface area contributed by atoms with Crippen LogP contribution < -0.4 is 4.90 Å². The average Bonchev–Trinajstić information content (AvgIpc) is 3.31. The highest BCUT2D eigenvalue weighted by atomic mass is 79.9. The molecule has 3 aromatic rings. The minimum atomic E-state index is 0.123. The predicted molar refractivity (Wildman–Crippen MR) is 115 cm³/mol. The monoisotopic (exact) mass is 482 g/mol. The van der Waals surface area contributed by atoms with Gasteiger partial charge in [0.2, 0.25) is 5.91 Å². The number of carbonyl (C=O) groups excluding carboxylic acids is 1. The van der Waals surface area contributed by atoms with Crippen molar-refractivity contribution in [1.82, 2.24) is 14.9 Å². The van der Waals surface area contributed by atoms with Crippen LogP contribution in [0.2, 0.25) is 5.15 Å². The highest BCUT2D eigenvalue weighted by Gasteiger charge is 2.23. The maximum absolute atomic E-state index is 12.6. The summed E-state index contributed by atoms with van der Waals surface area (Å²) in [6.45, 7) is 2.87. The van der Waals surface area contributed by atoms with Gasteiger partial charge in [0.1, 0.15) is 16.0 Å². The van der Waals surface area contributed by atoms with E-state index in [0.717, 1.165) is 39.0 Å². The molecule has 3 aromatic heterocycles. The Kier molecular flexibility index (Phi) is 5.77. The fourth-order valence-electron chi connectivity index (χ4n) is 2.95. The molecule has 0 unspecified atom stereocenters. The Morgan fingerprint density at radius 3 is 2.67 bits per heavy atom. The third-order valence-corrected chi connectivity index (χ3v) is 7.28. The molecular formula is C18H16BrClN4OS2. The van der Waals surface area contributed by atoms with Gasteiger partial charge in [0.05, 0.1) is 17.0 Å². The third-order valence-electron chi connectivity index (χ3n) is 4.32. The second-order valence-corrected chi connectivity index (χ2v) is 9.21. The second kappa shape index (κ2) is 8.26. The first-order chi connectivity index (χ1) is 13.1. The lowest BCUT2D eigenvalue weighted by atomic mass is 10.2. The molecule has 4 rings (SSSR count). The van der Waals surface area contributed by atoms with Gasteiger partial charge in [-0.25, -0.2) is 9.97 Å². The van der Waals surface area contributed by atoms with Gasteiger partial charge in [-0.15, -0.1) is 22.7 Å². The zero-order valence-corrected chi connectivity index (χ0v) is 18.2. The number of anilines is 1. The number of pyridine rings is 1. The van der Waals surface area contributed by atoms with Gasteiger partial charge >= 0.3 is 0 Å². The molecule has 140 valence electrons. The summed E-state index contributed by atoms with van der Waals surface area (Å²) in [6.07, 6.45) is 0.346. The number of nitrogens with zero attached hydrogens (tertiary/aromatic N) is 4. The maximum Gasteiger partial charge on any atom is 0.228 e. The van der Waals surface area contributed by atoms with E-state index in [0.29, 0.717) is 24.7 Å². The number of thiophene rings is 1. The summed E-state index contributed by atoms with van der Waals surface area (Å²) in [4.78, 5) is 26.8. The van der Waals surface area contributed by atoms with Crippen molar-refractivity contribution in [2.45, 2.75) is 6.42 Å². The Morgan fingerprint density at radius 2 is 1.96 bits per heavy atom. The molecule has 5 nitrogen and oxygen atoms in total. The molecule has 0 bridgehead atoms. The van der Waals surface area contributed by atoms with E-state index < -0.39 is 0 Å². The molecular weight excluding hydrogens is 468 g/mol. The van der Waals surface area contributed by atoms with E-state index in [2.05, 4.69) is 36.9 Å². The first-order valence-corrected chi connectivity index (χ1v) is 11.4. The molecule has 1 aliphatic heterocycles. The number of amides is 1. The molecule has 0 radical (unpaired) electrons. The van der Waals surface area contributed by atoms with Gasteiger partial charge in [0, 0.05) is 41.4 Å². The molecule has 0 atom stereocenters. The van der Waals surface area contributed by atoms with Gasteiger partial charge in [0.15, 0.2) is 0 Å². The van der Waals surface area contributed by atoms with Crippen molar-refractivity contribution in [2.24, 2.45) is 0 Å². The zero-order chi connectivity index (χ0) is 18.8. The molecule has 0 aromatic carbocycles. The summed E-state index contributed by atoms with van der Waals surface area (Å²) in [6, 6.07) is 7.66. The standard InChI is InChI=1S/C18H16BrClN4OS2/c19-12-8-14(26-10-12)18-21-13(11-27-18)9-17(25)24-6-4-23(5-7-24)16-3-1-2-15(20)22-16/h1-3,8,10-11H,4-7,9H2. The first-order valence-electron chi connectivity index (χ1n) is 8.42. The molecule has 1 saturated heterocycles. The topological polar surface area (TPSA) is 49.3 Å². The molecule has 0 spiro atoms. The molecule has 1 fully saturated rings. The summed E-state index contributed by atoms with van der Waals surface area (Å²) in [5.41, 5.74) is 0.837. The van der Waals surface area contributed by atoms with E-state index in [1.165, 1.54) is 0 Å². The molecule has 1 aliphatic rings. The van der Waals surface area contributed by atoms with Crippen LogP contribution in [-0.4, -0.2) is 47.0 Å². The summed E-state index contributed by atoms with van der Waals surface area (Å²) in [5, 5.41) is 5.47. The van der Waals surface area contributed by atoms with Crippen LogP contribution in [0.15, 0.2) is 39.5 Å². The van der Waals surface area contributed by atoms with Gasteiger partial charge < -0.3 is 9.80 Å². The average molecular weight is 484 g/mol. The Labute approximate surface area is 178 Å². The predicted octanol–water partition coefficient (Wildman–Crippen LogP) is 4.57. The Balaban J connectivity index is 1.34. The number of piperazine rings is 1. The lowest BCUT2D eigenvalue weighted by molar-refractivity contribution is -0.130. The van der Waals surface area contributed by atoms with Gasteiger partial charge in [-0.3, -0.25) is 4.79 Å². The quantitative estimate of drug-likeness (QED) is 0.510. The fraction of sp³-hybridized carbons (Fsp3) is 0.278. The van der Waals surface area contributed by atoms with Crippen LogP contribution >= 0.6 is 50.2 Å². The van der Waals surface area contributed by atoms with Crippen molar-refractivity contribution in [3.8, 4) is 9.88 Å². The number of aromatic nitrogens is 2. The highest BCUT2D eigenvalue weighted by molar-refractivity contribution is 9.10. The zero-order valence-electron chi connectivity index (χ0n) is 14.3. The van der Waals surface area contributed by atoms with Gasteiger partial charge in [-0.2, -0.15) is 0 Å². The summed E-state index contributed by atoms with van der Waals surface area (Å²) >= 11 is 12.7. The molecule has 1 amide bonds. The van der Waals surface area contributed by atoms with Crippen LogP contribution in [0.4, 0.5) is 5.82 Å². The highest BCUT2D eigenvalue weighted by Crippen LogP contribution is 2.32. The van der Waals surface area contributed by atoms with E-state index in [4.69, 9.17) is 11.6 Å². The second-order valence-electron chi connectivity index (χ2n) is 6.14. The van der Waals surface area contributed by atoms with Crippen molar-refractivity contribution in [1.29, 1.82) is 0 Å². The Hall–Kier alpha value is -1.48. The maximum atomic E-state index is 12.6. The number of thiazole rings is 1. The minimum absolute atomic E-state index is 0.123. The molecule has 0 N–H and O–H groups in total. The summed E-state index contributed by atoms with van der Waals surface area (Å²) in [5.74, 6) is 0.985. The van der Waals surface area contributed by atoms with Crippen LogP contribution in [0.3, 0.4) is 0 Å². The lowest BCUT2D eigenvalue weighted by Gasteiger charge is -2.35. The Bertz CT molecular complexity index is 952. The Morgan fingerprint density at radius 1 is 1.15 bits per heavy atom. The first kappa shape index (κ1) is 18.9. The minimum Gasteiger partial charge on any atom is -0.353 e. The van der Waals surface area contributed by atoms with Crippen LogP contribution in [0.1, 0.15) is 5.69 Å². The van der Waals surface area contributed by atoms with Crippen LogP contribution in [0.25, 0.3) is 9.88 Å². The molecule has 4 heterocycles. The van der Waals surface area contributed by atoms with Crippen molar-refractivity contribution >= 4 is 61.9 Å². The van der Waals surface area contributed by atoms with Gasteiger partial charge in [-0.05, 0) is 34.1 Å². The summed E-state index contributed by atoms with van der Waals surface area (Å²) < 4.78 is 1.06. The van der Waals surface area contributed by atoms with E-state index in [-0.39, 0.29) is 5.91 Å². The van der Waals surface area contributed by atoms with Gasteiger partial charge in [-0.1, -0.05) is 17.7 Å². The molecule has 0 aliphatic carbocycles. The van der Waals surface area contributed by atoms with Gasteiger partial charge in [0.25, 0.3) is 0 Å². The van der Waals surface area contributed by atoms with Crippen molar-refractivity contribution in [2.75, 3.05) is 31.1 Å². The fourth-order valence-corrected chi connectivity index (χ4v) is 5.44. The molecule has 9 heteroatoms. The number of hydrogen-bond acceptors (Lipinski definition) is 6. The summed E-state index contributed by atoms with van der Waals surface area (Å²) in [7, 11) is 0. The van der Waals surface area contributed by atoms with Crippen LogP contribution in [0.5, 0.6) is 0 Å². The van der Waals surface area contributed by atoms with E-state index in [1.807, 2.05) is 27.8 Å². The van der Waals surface area contributed by atoms with Crippen LogP contribution in [-0.2, 0) is 11.2 Å². The van der Waals surface area contributed by atoms with Crippen LogP contribution in [0, 0.1) is 0 Å². The smallest absolute Gasteiger partial charge is 0.228 e. The number of hydrogen-bond donors (Lipinski definition) is 0. The van der Waals surface area contributed by atoms with E-state index in [1.54, 1.807) is 28.7 Å². The number of halogens is 2. The molecule has 0 saturated carbocycles. The number of carbonyl (C=O) groups is 1.